The van der Waals surface area contributed by atoms with Crippen molar-refractivity contribution < 1.29 is 14.3 Å². The molecule has 128 valence electrons. The second-order valence-corrected chi connectivity index (χ2v) is 7.36. The molecule has 1 amide bonds. The molecule has 8 heteroatoms. The highest BCUT2D eigenvalue weighted by Crippen LogP contribution is 2.35. The molecule has 0 spiro atoms. The van der Waals surface area contributed by atoms with Crippen LogP contribution in [-0.4, -0.2) is 33.2 Å². The number of esters is 1. The van der Waals surface area contributed by atoms with Crippen LogP contribution in [0.3, 0.4) is 0 Å². The van der Waals surface area contributed by atoms with Crippen molar-refractivity contribution >= 4 is 29.0 Å². The Morgan fingerprint density at radius 1 is 1.46 bits per heavy atom. The van der Waals surface area contributed by atoms with Gasteiger partial charge in [-0.25, -0.2) is 4.98 Å². The fourth-order valence-corrected chi connectivity index (χ4v) is 3.77. The summed E-state index contributed by atoms with van der Waals surface area (Å²) in [4.78, 5) is 28.3. The van der Waals surface area contributed by atoms with Crippen molar-refractivity contribution in [3.8, 4) is 0 Å². The third kappa shape index (κ3) is 4.19. The predicted molar refractivity (Wildman–Crippen MR) is 89.9 cm³/mol. The molecule has 7 nitrogen and oxygen atoms in total. The van der Waals surface area contributed by atoms with Gasteiger partial charge in [-0.05, 0) is 26.2 Å². The number of nitrogens with zero attached hydrogens (tertiary/aromatic N) is 2. The number of anilines is 1. The van der Waals surface area contributed by atoms with Crippen LogP contribution < -0.4 is 5.32 Å². The first-order chi connectivity index (χ1) is 11.5. The Morgan fingerprint density at radius 3 is 3.00 bits per heavy atom. The molecule has 3 rings (SSSR count). The lowest BCUT2D eigenvalue weighted by atomic mass is 10.0. The number of aromatic amines is 1. The van der Waals surface area contributed by atoms with Gasteiger partial charge in [-0.1, -0.05) is 0 Å². The average molecular weight is 348 g/mol. The maximum atomic E-state index is 12.0. The maximum absolute atomic E-state index is 12.0. The van der Waals surface area contributed by atoms with Crippen molar-refractivity contribution in [2.75, 3.05) is 5.32 Å². The summed E-state index contributed by atoms with van der Waals surface area (Å²) in [6.07, 6.45) is 4.56. The first-order valence-corrected chi connectivity index (χ1v) is 8.75. The molecule has 2 heterocycles. The summed E-state index contributed by atoms with van der Waals surface area (Å²) >= 11 is 1.52. The van der Waals surface area contributed by atoms with Crippen molar-refractivity contribution in [3.05, 3.63) is 27.8 Å². The zero-order chi connectivity index (χ0) is 17.1. The van der Waals surface area contributed by atoms with Gasteiger partial charge in [-0.3, -0.25) is 14.7 Å². The van der Waals surface area contributed by atoms with Gasteiger partial charge in [-0.2, -0.15) is 5.10 Å². The summed E-state index contributed by atoms with van der Waals surface area (Å²) in [6, 6.07) is 1.85. The van der Waals surface area contributed by atoms with Crippen LogP contribution in [0.4, 0.5) is 5.82 Å². The van der Waals surface area contributed by atoms with E-state index >= 15 is 0 Å². The highest BCUT2D eigenvalue weighted by atomic mass is 32.1. The molecule has 2 aromatic heterocycles. The lowest BCUT2D eigenvalue weighted by molar-refractivity contribution is -0.146. The Labute approximate surface area is 143 Å². The fourth-order valence-electron chi connectivity index (χ4n) is 2.98. The van der Waals surface area contributed by atoms with Gasteiger partial charge in [0, 0.05) is 35.7 Å². The van der Waals surface area contributed by atoms with E-state index in [1.165, 1.54) is 18.3 Å². The molecule has 0 aliphatic heterocycles. The number of H-pyrrole nitrogens is 1. The largest absolute Gasteiger partial charge is 0.463 e. The highest BCUT2D eigenvalue weighted by molar-refractivity contribution is 7.11. The van der Waals surface area contributed by atoms with Gasteiger partial charge < -0.3 is 10.1 Å². The Morgan fingerprint density at radius 2 is 2.29 bits per heavy atom. The van der Waals surface area contributed by atoms with Crippen LogP contribution in [0, 0.1) is 6.92 Å². The molecule has 2 atom stereocenters. The van der Waals surface area contributed by atoms with Crippen LogP contribution in [0.5, 0.6) is 0 Å². The number of rotatable bonds is 5. The van der Waals surface area contributed by atoms with Crippen LogP contribution in [0.15, 0.2) is 12.3 Å². The van der Waals surface area contributed by atoms with Crippen molar-refractivity contribution in [1.82, 2.24) is 15.2 Å². The lowest BCUT2D eigenvalue weighted by Crippen LogP contribution is -2.14. The number of ether oxygens (including phenoxy) is 1. The van der Waals surface area contributed by atoms with Gasteiger partial charge in [-0.15, -0.1) is 11.3 Å². The molecule has 0 unspecified atom stereocenters. The number of hydrogen-bond donors (Lipinski definition) is 2. The van der Waals surface area contributed by atoms with Crippen molar-refractivity contribution in [2.24, 2.45) is 0 Å². The summed E-state index contributed by atoms with van der Waals surface area (Å²) in [5.41, 5.74) is 0.963. The number of aryl methyl sites for hydroxylation is 1. The summed E-state index contributed by atoms with van der Waals surface area (Å²) in [5.74, 6) is 0.413. The summed E-state index contributed by atoms with van der Waals surface area (Å²) < 4.78 is 5.25. The fraction of sp³-hybridized carbons (Fsp3) is 0.500. The third-order valence-electron chi connectivity index (χ3n) is 4.00. The van der Waals surface area contributed by atoms with Crippen LogP contribution in [0.25, 0.3) is 0 Å². The number of nitrogens with one attached hydrogen (secondary N) is 2. The summed E-state index contributed by atoms with van der Waals surface area (Å²) in [5, 5.41) is 10.7. The molecule has 1 saturated carbocycles. The summed E-state index contributed by atoms with van der Waals surface area (Å²) in [7, 11) is 0. The molecular formula is C16H20N4O3S. The van der Waals surface area contributed by atoms with E-state index < -0.39 is 0 Å². The highest BCUT2D eigenvalue weighted by Gasteiger charge is 2.29. The predicted octanol–water partition coefficient (Wildman–Crippen LogP) is 2.56. The van der Waals surface area contributed by atoms with E-state index in [9.17, 15) is 9.59 Å². The number of carbonyl (C=O) groups is 2. The van der Waals surface area contributed by atoms with E-state index in [4.69, 9.17) is 4.74 Å². The zero-order valence-corrected chi connectivity index (χ0v) is 14.5. The molecule has 24 heavy (non-hydrogen) atoms. The number of hydrogen-bond acceptors (Lipinski definition) is 6. The zero-order valence-electron chi connectivity index (χ0n) is 13.7. The molecule has 0 bridgehead atoms. The Bertz CT molecular complexity index is 739. The van der Waals surface area contributed by atoms with Crippen LogP contribution in [0.1, 0.15) is 47.7 Å². The molecule has 1 aliphatic rings. The molecule has 2 N–H and O–H groups in total. The van der Waals surface area contributed by atoms with Crippen molar-refractivity contribution in [2.45, 2.75) is 51.6 Å². The van der Waals surface area contributed by atoms with Gasteiger partial charge in [0.05, 0.1) is 6.42 Å². The van der Waals surface area contributed by atoms with Gasteiger partial charge in [0.1, 0.15) is 11.1 Å². The quantitative estimate of drug-likeness (QED) is 0.810. The van der Waals surface area contributed by atoms with E-state index in [1.807, 2.05) is 13.0 Å². The van der Waals surface area contributed by atoms with Crippen LogP contribution in [0.2, 0.25) is 0 Å². The van der Waals surface area contributed by atoms with Gasteiger partial charge in [0.15, 0.2) is 5.82 Å². The Kier molecular flexibility index (Phi) is 4.94. The minimum atomic E-state index is -0.240. The molecule has 2 aromatic rings. The topological polar surface area (TPSA) is 97.0 Å². The molecule has 1 aliphatic carbocycles. The first kappa shape index (κ1) is 16.6. The molecule has 0 aromatic carbocycles. The average Bonchev–Trinajstić information content (AvgIpc) is 3.20. The van der Waals surface area contributed by atoms with Gasteiger partial charge >= 0.3 is 5.97 Å². The minimum absolute atomic E-state index is 0.0259. The standard InChI is InChI=1S/C16H20N4O3S/c1-9-8-17-16(24-9)7-15(22)18-14-6-13(19-20-14)11-3-4-12(5-11)23-10(2)21/h6,8,11-12H,3-5,7H2,1-2H3,(H2,18,19,20,22)/t11-,12+/m0/s1. The number of amides is 1. The molecule has 1 fully saturated rings. The van der Waals surface area contributed by atoms with Crippen molar-refractivity contribution in [1.29, 1.82) is 0 Å². The van der Waals surface area contributed by atoms with Crippen LogP contribution >= 0.6 is 11.3 Å². The Balaban J connectivity index is 1.54. The second-order valence-electron chi connectivity index (χ2n) is 6.04. The third-order valence-corrected chi connectivity index (χ3v) is 4.92. The molecule has 0 radical (unpaired) electrons. The van der Waals surface area contributed by atoms with E-state index in [-0.39, 0.29) is 30.3 Å². The van der Waals surface area contributed by atoms with E-state index in [1.54, 1.807) is 6.20 Å². The second kappa shape index (κ2) is 7.12. The van der Waals surface area contributed by atoms with E-state index in [0.29, 0.717) is 5.82 Å². The minimum Gasteiger partial charge on any atom is -0.463 e. The number of carbonyl (C=O) groups excluding carboxylic acids is 2. The summed E-state index contributed by atoms with van der Waals surface area (Å²) in [6.45, 7) is 3.39. The Hall–Kier alpha value is -2.22. The monoisotopic (exact) mass is 348 g/mol. The van der Waals surface area contributed by atoms with Gasteiger partial charge in [0.25, 0.3) is 0 Å². The smallest absolute Gasteiger partial charge is 0.302 e. The van der Waals surface area contributed by atoms with E-state index in [2.05, 4.69) is 20.5 Å². The van der Waals surface area contributed by atoms with Crippen molar-refractivity contribution in [3.63, 3.8) is 0 Å². The maximum Gasteiger partial charge on any atom is 0.302 e. The first-order valence-electron chi connectivity index (χ1n) is 7.93. The lowest BCUT2D eigenvalue weighted by Gasteiger charge is -2.10. The number of aromatic nitrogens is 3. The van der Waals surface area contributed by atoms with E-state index in [0.717, 1.165) is 34.8 Å². The van der Waals surface area contributed by atoms with Gasteiger partial charge in [0.2, 0.25) is 5.91 Å². The van der Waals surface area contributed by atoms with Crippen LogP contribution in [-0.2, 0) is 20.7 Å². The normalized spacial score (nSPS) is 20.1. The molecule has 0 saturated heterocycles. The molecular weight excluding hydrogens is 328 g/mol. The number of thiazole rings is 1. The SMILES string of the molecule is CC(=O)O[C@@H]1CC[C@H](c2cc(NC(=O)Cc3ncc(C)s3)n[nH]2)C1.